The van der Waals surface area contributed by atoms with Crippen molar-refractivity contribution in [2.24, 2.45) is 7.05 Å². The Labute approximate surface area is 94.3 Å². The lowest BCUT2D eigenvalue weighted by Crippen LogP contribution is -2.50. The molecule has 1 amide bonds. The molecule has 0 aromatic carbocycles. The van der Waals surface area contributed by atoms with Crippen molar-refractivity contribution in [2.45, 2.75) is 19.4 Å². The normalized spacial score (nSPS) is 11.2. The minimum absolute atomic E-state index is 0.298. The van der Waals surface area contributed by atoms with E-state index in [9.17, 15) is 9.59 Å². The molecule has 0 aliphatic heterocycles. The molecule has 0 bridgehead atoms. The maximum Gasteiger partial charge on any atom is 0.329 e. The Morgan fingerprint density at radius 2 is 2.00 bits per heavy atom. The second-order valence-electron chi connectivity index (χ2n) is 4.29. The number of carbonyl (C=O) groups is 2. The van der Waals surface area contributed by atoms with Gasteiger partial charge in [0.05, 0.1) is 5.56 Å². The van der Waals surface area contributed by atoms with Crippen LogP contribution >= 0.6 is 0 Å². The largest absolute Gasteiger partial charge is 0.480 e. The van der Waals surface area contributed by atoms with Gasteiger partial charge in [-0.3, -0.25) is 4.79 Å². The van der Waals surface area contributed by atoms with Crippen molar-refractivity contribution >= 4 is 11.9 Å². The third-order valence-corrected chi connectivity index (χ3v) is 2.75. The predicted molar refractivity (Wildman–Crippen MR) is 59.2 cm³/mol. The summed E-state index contributed by atoms with van der Waals surface area (Å²) in [6, 6.07) is 1.66. The highest BCUT2D eigenvalue weighted by Crippen LogP contribution is 2.16. The summed E-state index contributed by atoms with van der Waals surface area (Å²) in [5.41, 5.74) is -0.730. The van der Waals surface area contributed by atoms with Crippen LogP contribution in [0.4, 0.5) is 0 Å². The third kappa shape index (κ3) is 2.08. The van der Waals surface area contributed by atoms with E-state index >= 15 is 0 Å². The zero-order chi connectivity index (χ0) is 12.5. The summed E-state index contributed by atoms with van der Waals surface area (Å²) >= 11 is 0. The molecule has 1 rings (SSSR count). The van der Waals surface area contributed by atoms with Crippen molar-refractivity contribution in [1.82, 2.24) is 9.47 Å². The highest BCUT2D eigenvalue weighted by atomic mass is 16.4. The fourth-order valence-corrected chi connectivity index (χ4v) is 1.22. The van der Waals surface area contributed by atoms with Gasteiger partial charge in [-0.15, -0.1) is 0 Å². The Balaban J connectivity index is 2.95. The topological polar surface area (TPSA) is 62.5 Å². The van der Waals surface area contributed by atoms with Gasteiger partial charge in [-0.1, -0.05) is 0 Å². The number of aromatic nitrogens is 1. The molecule has 0 fully saturated rings. The number of amides is 1. The van der Waals surface area contributed by atoms with E-state index in [1.54, 1.807) is 30.1 Å². The number of aliphatic carboxylic acids is 1. The van der Waals surface area contributed by atoms with E-state index in [0.717, 1.165) is 0 Å². The van der Waals surface area contributed by atoms with E-state index < -0.39 is 11.5 Å². The van der Waals surface area contributed by atoms with Crippen LogP contribution in [0.1, 0.15) is 24.2 Å². The van der Waals surface area contributed by atoms with Gasteiger partial charge in [0.1, 0.15) is 5.54 Å². The number of hydrogen-bond acceptors (Lipinski definition) is 2. The number of rotatable bonds is 3. The summed E-state index contributed by atoms with van der Waals surface area (Å²) in [4.78, 5) is 24.2. The van der Waals surface area contributed by atoms with Crippen molar-refractivity contribution < 1.29 is 14.7 Å². The fraction of sp³-hybridized carbons (Fsp3) is 0.455. The van der Waals surface area contributed by atoms with Crippen LogP contribution < -0.4 is 0 Å². The summed E-state index contributed by atoms with van der Waals surface area (Å²) < 4.78 is 1.74. The Morgan fingerprint density at radius 3 is 2.38 bits per heavy atom. The predicted octanol–water partition coefficient (Wildman–Crippen LogP) is 0.960. The zero-order valence-corrected chi connectivity index (χ0v) is 9.89. The van der Waals surface area contributed by atoms with Crippen LogP contribution in [0.2, 0.25) is 0 Å². The summed E-state index contributed by atoms with van der Waals surface area (Å²) in [5.74, 6) is -1.33. The first-order chi connectivity index (χ1) is 7.26. The quantitative estimate of drug-likeness (QED) is 0.831. The summed E-state index contributed by atoms with van der Waals surface area (Å²) in [7, 11) is 3.29. The van der Waals surface area contributed by atoms with Crippen LogP contribution in [0.5, 0.6) is 0 Å². The Kier molecular flexibility index (Phi) is 3.07. The molecule has 88 valence electrons. The van der Waals surface area contributed by atoms with Crippen molar-refractivity contribution in [1.29, 1.82) is 0 Å². The van der Waals surface area contributed by atoms with E-state index in [-0.39, 0.29) is 5.91 Å². The summed E-state index contributed by atoms with van der Waals surface area (Å²) in [6.07, 6.45) is 3.41. The van der Waals surface area contributed by atoms with Gasteiger partial charge >= 0.3 is 5.97 Å². The molecular formula is C11H16N2O3. The number of nitrogens with zero attached hydrogens (tertiary/aromatic N) is 2. The summed E-state index contributed by atoms with van der Waals surface area (Å²) in [6.45, 7) is 2.99. The summed E-state index contributed by atoms with van der Waals surface area (Å²) in [5, 5.41) is 9.01. The molecule has 1 N–H and O–H groups in total. The van der Waals surface area contributed by atoms with E-state index in [1.807, 2.05) is 0 Å². The molecule has 0 unspecified atom stereocenters. The van der Waals surface area contributed by atoms with Gasteiger partial charge in [0.15, 0.2) is 0 Å². The van der Waals surface area contributed by atoms with Gasteiger partial charge in [-0.05, 0) is 19.9 Å². The first kappa shape index (κ1) is 12.3. The van der Waals surface area contributed by atoms with Gasteiger partial charge < -0.3 is 14.6 Å². The average molecular weight is 224 g/mol. The Bertz CT molecular complexity index is 421. The molecule has 0 radical (unpaired) electrons. The van der Waals surface area contributed by atoms with Crippen LogP contribution in [0.3, 0.4) is 0 Å². The standard InChI is InChI=1S/C11H16N2O3/c1-11(2,10(15)16)13(4)9(14)8-5-6-12(3)7-8/h5-7H,1-4H3,(H,15,16). The first-order valence-electron chi connectivity index (χ1n) is 4.90. The number of likely N-dealkylation sites (N-methyl/N-ethyl adjacent to an activating group) is 1. The first-order valence-corrected chi connectivity index (χ1v) is 4.90. The lowest BCUT2D eigenvalue weighted by molar-refractivity contribution is -0.147. The van der Waals surface area contributed by atoms with E-state index in [1.165, 1.54) is 25.8 Å². The number of aryl methyl sites for hydroxylation is 1. The average Bonchev–Trinajstić information content (AvgIpc) is 2.62. The molecule has 5 heteroatoms. The highest BCUT2D eigenvalue weighted by Gasteiger charge is 2.35. The second-order valence-corrected chi connectivity index (χ2v) is 4.29. The van der Waals surface area contributed by atoms with Crippen molar-refractivity contribution in [3.8, 4) is 0 Å². The lowest BCUT2D eigenvalue weighted by atomic mass is 10.0. The molecule has 0 aliphatic rings. The fourth-order valence-electron chi connectivity index (χ4n) is 1.22. The molecular weight excluding hydrogens is 208 g/mol. The molecule has 1 heterocycles. The van der Waals surface area contributed by atoms with Crippen molar-refractivity contribution in [2.75, 3.05) is 7.05 Å². The molecule has 0 saturated heterocycles. The molecule has 0 spiro atoms. The maximum atomic E-state index is 12.0. The lowest BCUT2D eigenvalue weighted by Gasteiger charge is -2.31. The molecule has 1 aromatic heterocycles. The SMILES string of the molecule is CN(C(=O)c1ccn(C)c1)C(C)(C)C(=O)O. The van der Waals surface area contributed by atoms with Gasteiger partial charge in [0.25, 0.3) is 5.91 Å². The third-order valence-electron chi connectivity index (χ3n) is 2.75. The molecule has 16 heavy (non-hydrogen) atoms. The Morgan fingerprint density at radius 1 is 1.44 bits per heavy atom. The van der Waals surface area contributed by atoms with Crippen LogP contribution in [0, 0.1) is 0 Å². The molecule has 5 nitrogen and oxygen atoms in total. The molecule has 0 aliphatic carbocycles. The maximum absolute atomic E-state index is 12.0. The second kappa shape index (κ2) is 4.00. The minimum Gasteiger partial charge on any atom is -0.480 e. The van der Waals surface area contributed by atoms with Crippen molar-refractivity contribution in [3.63, 3.8) is 0 Å². The molecule has 0 saturated carbocycles. The van der Waals surface area contributed by atoms with E-state index in [2.05, 4.69) is 0 Å². The van der Waals surface area contributed by atoms with E-state index in [4.69, 9.17) is 5.11 Å². The van der Waals surface area contributed by atoms with Crippen LogP contribution in [0.25, 0.3) is 0 Å². The number of carboxylic acid groups (broad SMARTS) is 1. The van der Waals surface area contributed by atoms with Gasteiger partial charge in [0, 0.05) is 26.5 Å². The zero-order valence-electron chi connectivity index (χ0n) is 9.89. The van der Waals surface area contributed by atoms with Gasteiger partial charge in [0.2, 0.25) is 0 Å². The van der Waals surface area contributed by atoms with Crippen LogP contribution in [0.15, 0.2) is 18.5 Å². The van der Waals surface area contributed by atoms with Gasteiger partial charge in [-0.25, -0.2) is 4.79 Å². The number of carboxylic acids is 1. The molecule has 0 atom stereocenters. The molecule has 1 aromatic rings. The van der Waals surface area contributed by atoms with Crippen LogP contribution in [-0.2, 0) is 11.8 Å². The van der Waals surface area contributed by atoms with E-state index in [0.29, 0.717) is 5.56 Å². The van der Waals surface area contributed by atoms with Gasteiger partial charge in [-0.2, -0.15) is 0 Å². The van der Waals surface area contributed by atoms with Crippen LogP contribution in [-0.4, -0.2) is 39.0 Å². The smallest absolute Gasteiger partial charge is 0.329 e. The minimum atomic E-state index is -1.22. The highest BCUT2D eigenvalue weighted by molar-refractivity contribution is 5.97. The van der Waals surface area contributed by atoms with Crippen molar-refractivity contribution in [3.05, 3.63) is 24.0 Å². The number of hydrogen-bond donors (Lipinski definition) is 1. The monoisotopic (exact) mass is 224 g/mol. The number of carbonyl (C=O) groups excluding carboxylic acids is 1. The Hall–Kier alpha value is -1.78.